The van der Waals surface area contributed by atoms with Gasteiger partial charge in [-0.25, -0.2) is 4.79 Å². The molecule has 23 heavy (non-hydrogen) atoms. The first-order valence-electron chi connectivity index (χ1n) is 8.10. The number of aliphatic hydroxyl groups excluding tert-OH is 1. The number of hydrogen-bond donors (Lipinski definition) is 3. The van der Waals surface area contributed by atoms with Gasteiger partial charge in [0.15, 0.2) is 0 Å². The van der Waals surface area contributed by atoms with Crippen LogP contribution in [-0.2, 0) is 19.3 Å². The SMILES string of the molecule is O=C(NCCc1ccccc1)Nc1cccc2c1CC(O)CC2. The van der Waals surface area contributed by atoms with Crippen molar-refractivity contribution in [3.05, 3.63) is 65.2 Å². The second-order valence-corrected chi connectivity index (χ2v) is 5.96. The van der Waals surface area contributed by atoms with Crippen molar-refractivity contribution in [3.8, 4) is 0 Å². The first-order chi connectivity index (χ1) is 11.2. The Morgan fingerprint density at radius 3 is 2.78 bits per heavy atom. The van der Waals surface area contributed by atoms with Crippen LogP contribution in [0.2, 0.25) is 0 Å². The van der Waals surface area contributed by atoms with E-state index in [4.69, 9.17) is 0 Å². The Morgan fingerprint density at radius 1 is 1.13 bits per heavy atom. The van der Waals surface area contributed by atoms with Crippen LogP contribution in [0.3, 0.4) is 0 Å². The van der Waals surface area contributed by atoms with Crippen molar-refractivity contribution >= 4 is 11.7 Å². The van der Waals surface area contributed by atoms with E-state index in [1.165, 1.54) is 11.1 Å². The average molecular weight is 310 g/mol. The fourth-order valence-corrected chi connectivity index (χ4v) is 3.02. The third-order valence-electron chi connectivity index (χ3n) is 4.25. The van der Waals surface area contributed by atoms with Crippen molar-refractivity contribution in [2.24, 2.45) is 0 Å². The van der Waals surface area contributed by atoms with Crippen LogP contribution in [0.15, 0.2) is 48.5 Å². The van der Waals surface area contributed by atoms with Crippen molar-refractivity contribution in [2.45, 2.75) is 31.8 Å². The standard InChI is InChI=1S/C19H22N2O2/c22-16-10-9-15-7-4-8-18(17(15)13-16)21-19(23)20-12-11-14-5-2-1-3-6-14/h1-8,16,22H,9-13H2,(H2,20,21,23). The number of nitrogens with one attached hydrogen (secondary N) is 2. The van der Waals surface area contributed by atoms with Crippen LogP contribution in [0.5, 0.6) is 0 Å². The van der Waals surface area contributed by atoms with Crippen LogP contribution in [0.25, 0.3) is 0 Å². The van der Waals surface area contributed by atoms with Gasteiger partial charge in [-0.15, -0.1) is 0 Å². The Bertz CT molecular complexity index is 670. The number of rotatable bonds is 4. The fourth-order valence-electron chi connectivity index (χ4n) is 3.02. The second kappa shape index (κ2) is 7.29. The Morgan fingerprint density at radius 2 is 1.96 bits per heavy atom. The van der Waals surface area contributed by atoms with Crippen molar-refractivity contribution in [2.75, 3.05) is 11.9 Å². The molecule has 1 unspecified atom stereocenters. The summed E-state index contributed by atoms with van der Waals surface area (Å²) in [7, 11) is 0. The Balaban J connectivity index is 1.56. The third-order valence-corrected chi connectivity index (χ3v) is 4.25. The van der Waals surface area contributed by atoms with Crippen LogP contribution >= 0.6 is 0 Å². The molecule has 120 valence electrons. The number of benzene rings is 2. The highest BCUT2D eigenvalue weighted by Crippen LogP contribution is 2.28. The highest BCUT2D eigenvalue weighted by atomic mass is 16.3. The molecular formula is C19H22N2O2. The number of carbonyl (C=O) groups excluding carboxylic acids is 1. The monoisotopic (exact) mass is 310 g/mol. The Kier molecular flexibility index (Phi) is 4.93. The molecule has 0 fully saturated rings. The van der Waals surface area contributed by atoms with Crippen molar-refractivity contribution in [1.82, 2.24) is 5.32 Å². The van der Waals surface area contributed by atoms with E-state index in [0.29, 0.717) is 13.0 Å². The van der Waals surface area contributed by atoms with Gasteiger partial charge in [-0.2, -0.15) is 0 Å². The molecule has 1 aliphatic carbocycles. The molecule has 4 heteroatoms. The largest absolute Gasteiger partial charge is 0.393 e. The van der Waals surface area contributed by atoms with E-state index >= 15 is 0 Å². The zero-order valence-electron chi connectivity index (χ0n) is 13.1. The van der Waals surface area contributed by atoms with Crippen molar-refractivity contribution in [1.29, 1.82) is 0 Å². The molecule has 3 N–H and O–H groups in total. The number of fused-ring (bicyclic) bond motifs is 1. The van der Waals surface area contributed by atoms with Gasteiger partial charge in [0.2, 0.25) is 0 Å². The lowest BCUT2D eigenvalue weighted by atomic mass is 9.88. The van der Waals surface area contributed by atoms with E-state index in [0.717, 1.165) is 30.5 Å². The quantitative estimate of drug-likeness (QED) is 0.813. The maximum absolute atomic E-state index is 12.1. The number of anilines is 1. The minimum absolute atomic E-state index is 0.200. The maximum Gasteiger partial charge on any atom is 0.319 e. The highest BCUT2D eigenvalue weighted by molar-refractivity contribution is 5.90. The molecule has 1 atom stereocenters. The second-order valence-electron chi connectivity index (χ2n) is 5.96. The molecular weight excluding hydrogens is 288 g/mol. The van der Waals surface area contributed by atoms with Gasteiger partial charge in [0.1, 0.15) is 0 Å². The van der Waals surface area contributed by atoms with E-state index in [1.807, 2.05) is 30.3 Å². The molecule has 3 rings (SSSR count). The van der Waals surface area contributed by atoms with Crippen molar-refractivity contribution < 1.29 is 9.90 Å². The van der Waals surface area contributed by atoms with Crippen LogP contribution in [0, 0.1) is 0 Å². The normalized spacial score (nSPS) is 16.5. The maximum atomic E-state index is 12.1. The topological polar surface area (TPSA) is 61.4 Å². The van der Waals surface area contributed by atoms with Gasteiger partial charge in [-0.05, 0) is 42.0 Å². The van der Waals surface area contributed by atoms with Gasteiger partial charge in [-0.1, -0.05) is 42.5 Å². The lowest BCUT2D eigenvalue weighted by Crippen LogP contribution is -2.31. The summed E-state index contributed by atoms with van der Waals surface area (Å²) in [6.07, 6.45) is 2.75. The Hall–Kier alpha value is -2.33. The van der Waals surface area contributed by atoms with Gasteiger partial charge < -0.3 is 15.7 Å². The number of aryl methyl sites for hydroxylation is 1. The molecule has 0 heterocycles. The molecule has 0 saturated carbocycles. The molecule has 4 nitrogen and oxygen atoms in total. The minimum atomic E-state index is -0.313. The molecule has 2 amide bonds. The van der Waals surface area contributed by atoms with Gasteiger partial charge in [-0.3, -0.25) is 0 Å². The first kappa shape index (κ1) is 15.6. The van der Waals surface area contributed by atoms with Crippen LogP contribution in [-0.4, -0.2) is 23.8 Å². The van der Waals surface area contributed by atoms with E-state index in [2.05, 4.69) is 28.8 Å². The molecule has 0 aromatic heterocycles. The van der Waals surface area contributed by atoms with E-state index in [-0.39, 0.29) is 12.1 Å². The molecule has 0 saturated heterocycles. The lowest BCUT2D eigenvalue weighted by Gasteiger charge is -2.23. The number of carbonyl (C=O) groups is 1. The summed E-state index contributed by atoms with van der Waals surface area (Å²) in [5.41, 5.74) is 4.29. The molecule has 0 radical (unpaired) electrons. The van der Waals surface area contributed by atoms with Crippen molar-refractivity contribution in [3.63, 3.8) is 0 Å². The highest BCUT2D eigenvalue weighted by Gasteiger charge is 2.19. The predicted molar refractivity (Wildman–Crippen MR) is 91.6 cm³/mol. The Labute approximate surface area is 136 Å². The molecule has 2 aromatic rings. The number of urea groups is 1. The molecule has 2 aromatic carbocycles. The first-order valence-corrected chi connectivity index (χ1v) is 8.10. The van der Waals surface area contributed by atoms with Gasteiger partial charge >= 0.3 is 6.03 Å². The zero-order valence-corrected chi connectivity index (χ0v) is 13.1. The predicted octanol–water partition coefficient (Wildman–Crippen LogP) is 2.90. The smallest absolute Gasteiger partial charge is 0.319 e. The van der Waals surface area contributed by atoms with Crippen LogP contribution in [0.1, 0.15) is 23.1 Å². The summed E-state index contributed by atoms with van der Waals surface area (Å²) >= 11 is 0. The third kappa shape index (κ3) is 4.11. The zero-order chi connectivity index (χ0) is 16.1. The summed E-state index contributed by atoms with van der Waals surface area (Å²) in [4.78, 5) is 12.1. The van der Waals surface area contributed by atoms with E-state index < -0.39 is 0 Å². The molecule has 0 spiro atoms. The molecule has 0 aliphatic heterocycles. The number of amides is 2. The molecule has 0 bridgehead atoms. The average Bonchev–Trinajstić information content (AvgIpc) is 2.56. The summed E-state index contributed by atoms with van der Waals surface area (Å²) in [5, 5.41) is 15.7. The van der Waals surface area contributed by atoms with E-state index in [9.17, 15) is 9.90 Å². The van der Waals surface area contributed by atoms with E-state index in [1.54, 1.807) is 0 Å². The van der Waals surface area contributed by atoms with Gasteiger partial charge in [0, 0.05) is 18.7 Å². The van der Waals surface area contributed by atoms with Gasteiger partial charge in [0.25, 0.3) is 0 Å². The summed E-state index contributed by atoms with van der Waals surface area (Å²) in [6.45, 7) is 0.591. The van der Waals surface area contributed by atoms with Gasteiger partial charge in [0.05, 0.1) is 6.10 Å². The summed E-state index contributed by atoms with van der Waals surface area (Å²) < 4.78 is 0. The van der Waals surface area contributed by atoms with Crippen LogP contribution < -0.4 is 10.6 Å². The fraction of sp³-hybridized carbons (Fsp3) is 0.316. The number of hydrogen-bond acceptors (Lipinski definition) is 2. The lowest BCUT2D eigenvalue weighted by molar-refractivity contribution is 0.159. The summed E-state index contributed by atoms with van der Waals surface area (Å²) in [6, 6.07) is 15.8. The van der Waals surface area contributed by atoms with Crippen LogP contribution in [0.4, 0.5) is 10.5 Å². The molecule has 1 aliphatic rings. The minimum Gasteiger partial charge on any atom is -0.393 e. The number of aliphatic hydroxyl groups is 1. The summed E-state index contributed by atoms with van der Waals surface area (Å²) in [5.74, 6) is 0.